The molecule has 0 aliphatic rings. The minimum absolute atomic E-state index is 0.00551. The summed E-state index contributed by atoms with van der Waals surface area (Å²) in [6, 6.07) is 20.6. The number of carbonyl (C=O) groups is 3. The molecule has 2 atom stereocenters. The highest BCUT2D eigenvalue weighted by molar-refractivity contribution is 5.84. The molecular weight excluding hydrogens is 526 g/mol. The van der Waals surface area contributed by atoms with Crippen molar-refractivity contribution in [1.29, 1.82) is 0 Å². The number of carboxylic acids is 2. The van der Waals surface area contributed by atoms with Gasteiger partial charge in [-0.2, -0.15) is 0 Å². The lowest BCUT2D eigenvalue weighted by Crippen LogP contribution is -2.51. The predicted octanol–water partition coefficient (Wildman–Crippen LogP) is 5.26. The van der Waals surface area contributed by atoms with Gasteiger partial charge in [-0.25, -0.2) is 9.59 Å². The molecule has 0 fully saturated rings. The minimum Gasteiger partial charge on any atom is -0.481 e. The first kappa shape index (κ1) is 30.8. The number of amides is 2. The Morgan fingerprint density at radius 2 is 1.54 bits per heavy atom. The number of benzene rings is 3. The Kier molecular flexibility index (Phi) is 11.0. The standard InChI is InChI=1S/C31H35N3O7/c1-21(2)19-33(20-24(29(35)36)14-13-22-9-5-3-6-10-22)31(39)32-28(30(37)38)18-25-17-26(34(40)41)15-16-27(25)23-11-7-4-8-12-23/h3-12,15-17,21,24,28H,13-14,18-20H2,1-2H3,(H,32,39)(H,35,36)(H,37,38)/t24-,28-/m0/s1. The van der Waals surface area contributed by atoms with Crippen LogP contribution < -0.4 is 5.32 Å². The molecule has 0 radical (unpaired) electrons. The van der Waals surface area contributed by atoms with E-state index in [2.05, 4.69) is 5.32 Å². The van der Waals surface area contributed by atoms with Crippen LogP contribution in [0.2, 0.25) is 0 Å². The smallest absolute Gasteiger partial charge is 0.326 e. The van der Waals surface area contributed by atoms with E-state index in [4.69, 9.17) is 0 Å². The van der Waals surface area contributed by atoms with Gasteiger partial charge < -0.3 is 20.4 Å². The van der Waals surface area contributed by atoms with E-state index in [1.54, 1.807) is 18.2 Å². The van der Waals surface area contributed by atoms with Crippen molar-refractivity contribution in [2.75, 3.05) is 13.1 Å². The van der Waals surface area contributed by atoms with Crippen LogP contribution in [-0.2, 0) is 22.4 Å². The Morgan fingerprint density at radius 1 is 0.902 bits per heavy atom. The molecule has 216 valence electrons. The third-order valence-electron chi connectivity index (χ3n) is 6.69. The summed E-state index contributed by atoms with van der Waals surface area (Å²) in [7, 11) is 0. The maximum Gasteiger partial charge on any atom is 0.326 e. The summed E-state index contributed by atoms with van der Waals surface area (Å²) in [5.41, 5.74) is 2.54. The molecule has 0 heterocycles. The summed E-state index contributed by atoms with van der Waals surface area (Å²) in [5, 5.41) is 33.9. The Bertz CT molecular complexity index is 1350. The first-order chi connectivity index (χ1) is 19.5. The minimum atomic E-state index is -1.41. The van der Waals surface area contributed by atoms with Gasteiger partial charge >= 0.3 is 18.0 Å². The average molecular weight is 562 g/mol. The number of aliphatic carboxylic acids is 2. The monoisotopic (exact) mass is 561 g/mol. The van der Waals surface area contributed by atoms with Crippen molar-refractivity contribution in [2.24, 2.45) is 11.8 Å². The second kappa shape index (κ2) is 14.6. The van der Waals surface area contributed by atoms with Crippen LogP contribution in [-0.4, -0.2) is 57.1 Å². The molecule has 3 aromatic carbocycles. The fraction of sp³-hybridized carbons (Fsp3) is 0.323. The highest BCUT2D eigenvalue weighted by atomic mass is 16.6. The van der Waals surface area contributed by atoms with E-state index < -0.39 is 34.9 Å². The van der Waals surface area contributed by atoms with Crippen molar-refractivity contribution in [3.8, 4) is 11.1 Å². The first-order valence-electron chi connectivity index (χ1n) is 13.4. The number of urea groups is 1. The maximum atomic E-state index is 13.4. The third kappa shape index (κ3) is 9.16. The normalized spacial score (nSPS) is 12.4. The number of non-ortho nitro benzene ring substituents is 1. The number of nitrogens with one attached hydrogen (secondary N) is 1. The number of nitro groups is 1. The second-order valence-electron chi connectivity index (χ2n) is 10.4. The van der Waals surface area contributed by atoms with Crippen molar-refractivity contribution in [2.45, 2.75) is 39.2 Å². The lowest BCUT2D eigenvalue weighted by Gasteiger charge is -2.29. The molecule has 0 aromatic heterocycles. The summed E-state index contributed by atoms with van der Waals surface area (Å²) in [5.74, 6) is -3.22. The number of nitro benzene ring substituents is 1. The number of nitrogens with zero attached hydrogens (tertiary/aromatic N) is 2. The average Bonchev–Trinajstić information content (AvgIpc) is 2.94. The largest absolute Gasteiger partial charge is 0.481 e. The number of carboxylic acid groups (broad SMARTS) is 2. The molecular formula is C31H35N3O7. The molecule has 3 N–H and O–H groups in total. The van der Waals surface area contributed by atoms with Gasteiger partial charge in [0.1, 0.15) is 6.04 Å². The van der Waals surface area contributed by atoms with E-state index in [0.717, 1.165) is 11.1 Å². The lowest BCUT2D eigenvalue weighted by molar-refractivity contribution is -0.384. The summed E-state index contributed by atoms with van der Waals surface area (Å²) in [4.78, 5) is 50.0. The molecule has 0 saturated carbocycles. The van der Waals surface area contributed by atoms with Crippen LogP contribution in [0.15, 0.2) is 78.9 Å². The first-order valence-corrected chi connectivity index (χ1v) is 13.4. The summed E-state index contributed by atoms with van der Waals surface area (Å²) in [6.07, 6.45) is 0.609. The topological polar surface area (TPSA) is 150 Å². The van der Waals surface area contributed by atoms with Gasteiger partial charge in [-0.15, -0.1) is 0 Å². The Labute approximate surface area is 238 Å². The van der Waals surface area contributed by atoms with E-state index in [9.17, 15) is 34.7 Å². The maximum absolute atomic E-state index is 13.4. The quantitative estimate of drug-likeness (QED) is 0.179. The van der Waals surface area contributed by atoms with Gasteiger partial charge in [0, 0.05) is 31.6 Å². The highest BCUT2D eigenvalue weighted by Crippen LogP contribution is 2.28. The van der Waals surface area contributed by atoms with Crippen molar-refractivity contribution in [3.63, 3.8) is 0 Å². The molecule has 10 heteroatoms. The van der Waals surface area contributed by atoms with Gasteiger partial charge in [-0.05, 0) is 47.1 Å². The fourth-order valence-corrected chi connectivity index (χ4v) is 4.65. The lowest BCUT2D eigenvalue weighted by atomic mass is 9.94. The highest BCUT2D eigenvalue weighted by Gasteiger charge is 2.29. The molecule has 0 spiro atoms. The van der Waals surface area contributed by atoms with E-state index in [1.165, 1.54) is 17.0 Å². The number of carbonyl (C=O) groups excluding carboxylic acids is 1. The second-order valence-corrected chi connectivity index (χ2v) is 10.4. The van der Waals surface area contributed by atoms with Crippen LogP contribution >= 0.6 is 0 Å². The molecule has 0 bridgehead atoms. The number of aryl methyl sites for hydroxylation is 1. The molecule has 2 amide bonds. The molecule has 0 saturated heterocycles. The Morgan fingerprint density at radius 3 is 2.10 bits per heavy atom. The fourth-order valence-electron chi connectivity index (χ4n) is 4.65. The summed E-state index contributed by atoms with van der Waals surface area (Å²) in [6.45, 7) is 3.89. The van der Waals surface area contributed by atoms with Crippen molar-refractivity contribution >= 4 is 23.7 Å². The predicted molar refractivity (Wildman–Crippen MR) is 154 cm³/mol. The Hall–Kier alpha value is -4.73. The number of hydrogen-bond acceptors (Lipinski definition) is 5. The van der Waals surface area contributed by atoms with E-state index >= 15 is 0 Å². The van der Waals surface area contributed by atoms with Gasteiger partial charge in [-0.1, -0.05) is 74.5 Å². The number of hydrogen-bond donors (Lipinski definition) is 3. The molecule has 0 unspecified atom stereocenters. The molecule has 0 aliphatic carbocycles. The molecule has 0 aliphatic heterocycles. The van der Waals surface area contributed by atoms with Crippen LogP contribution in [0.5, 0.6) is 0 Å². The SMILES string of the molecule is CC(C)CN(C[C@H](CCc1ccccc1)C(=O)O)C(=O)N[C@@H](Cc1cc([N+](=O)[O-])ccc1-c1ccccc1)C(=O)O. The van der Waals surface area contributed by atoms with Gasteiger partial charge in [0.05, 0.1) is 10.8 Å². The van der Waals surface area contributed by atoms with Crippen LogP contribution in [0.25, 0.3) is 11.1 Å². The zero-order chi connectivity index (χ0) is 29.9. The van der Waals surface area contributed by atoms with Crippen LogP contribution in [0, 0.1) is 22.0 Å². The van der Waals surface area contributed by atoms with Crippen molar-refractivity contribution in [1.82, 2.24) is 10.2 Å². The van der Waals surface area contributed by atoms with Crippen molar-refractivity contribution in [3.05, 3.63) is 100 Å². The van der Waals surface area contributed by atoms with Gasteiger partial charge in [0.2, 0.25) is 0 Å². The van der Waals surface area contributed by atoms with Gasteiger partial charge in [0.25, 0.3) is 5.69 Å². The van der Waals surface area contributed by atoms with Gasteiger partial charge in [0.15, 0.2) is 0 Å². The van der Waals surface area contributed by atoms with Crippen LogP contribution in [0.4, 0.5) is 10.5 Å². The third-order valence-corrected chi connectivity index (χ3v) is 6.69. The number of rotatable bonds is 14. The van der Waals surface area contributed by atoms with Crippen molar-refractivity contribution < 1.29 is 29.5 Å². The zero-order valence-electron chi connectivity index (χ0n) is 23.1. The van der Waals surface area contributed by atoms with E-state index in [-0.39, 0.29) is 31.1 Å². The molecule has 3 aromatic rings. The van der Waals surface area contributed by atoms with Gasteiger partial charge in [-0.3, -0.25) is 14.9 Å². The summed E-state index contributed by atoms with van der Waals surface area (Å²) < 4.78 is 0. The molecule has 3 rings (SSSR count). The Balaban J connectivity index is 1.83. The molecule has 10 nitrogen and oxygen atoms in total. The zero-order valence-corrected chi connectivity index (χ0v) is 23.1. The summed E-state index contributed by atoms with van der Waals surface area (Å²) >= 11 is 0. The van der Waals surface area contributed by atoms with Crippen LogP contribution in [0.3, 0.4) is 0 Å². The van der Waals surface area contributed by atoms with Crippen LogP contribution in [0.1, 0.15) is 31.4 Å². The van der Waals surface area contributed by atoms with E-state index in [0.29, 0.717) is 24.0 Å². The molecule has 41 heavy (non-hydrogen) atoms. The van der Waals surface area contributed by atoms with E-state index in [1.807, 2.05) is 62.4 Å².